The normalized spacial score (nSPS) is 14.4. The van der Waals surface area contributed by atoms with E-state index in [0.717, 1.165) is 39.5 Å². The van der Waals surface area contributed by atoms with Crippen LogP contribution in [0.3, 0.4) is 0 Å². The first-order valence-corrected chi connectivity index (χ1v) is 17.7. The Kier molecular flexibility index (Phi) is 6.95. The standard InChI is InChI=1S/C46H46N4/c1-30(2)36-17-13-18-37(31(3)4)45(36)32-24-25-47-44(26-32)50-40-19-9-8-16-38(40)39-23-22-34(28-43(39)50)46(5,6)33-14-12-15-35(27-33)49-29-48(7)41-20-10-11-21-42(41)49/h8-28,30-31H,29H2,1-7H3/i7D3. The van der Waals surface area contributed by atoms with Gasteiger partial charge in [-0.3, -0.25) is 4.57 Å². The third kappa shape index (κ3) is 5.17. The number of benzene rings is 5. The predicted octanol–water partition coefficient (Wildman–Crippen LogP) is 12.0. The Bertz CT molecular complexity index is 2460. The summed E-state index contributed by atoms with van der Waals surface area (Å²) < 4.78 is 26.9. The van der Waals surface area contributed by atoms with Gasteiger partial charge in [0.25, 0.3) is 0 Å². The maximum atomic E-state index is 8.19. The molecule has 7 aromatic rings. The van der Waals surface area contributed by atoms with Gasteiger partial charge in [-0.15, -0.1) is 0 Å². The molecule has 0 unspecified atom stereocenters. The second-order valence-corrected chi connectivity index (χ2v) is 14.8. The number of aromatic nitrogens is 2. The highest BCUT2D eigenvalue weighted by Gasteiger charge is 2.28. The topological polar surface area (TPSA) is 24.3 Å². The van der Waals surface area contributed by atoms with E-state index in [1.807, 2.05) is 30.5 Å². The van der Waals surface area contributed by atoms with Gasteiger partial charge in [0.05, 0.1) is 29.1 Å². The molecule has 1 aliphatic rings. The van der Waals surface area contributed by atoms with Gasteiger partial charge < -0.3 is 9.80 Å². The number of fused-ring (bicyclic) bond motifs is 4. The minimum absolute atomic E-state index is 0.262. The van der Waals surface area contributed by atoms with Gasteiger partial charge in [-0.05, 0) is 93.7 Å². The highest BCUT2D eigenvalue weighted by Crippen LogP contribution is 2.43. The van der Waals surface area contributed by atoms with Crippen LogP contribution >= 0.6 is 0 Å². The Morgan fingerprint density at radius 2 is 1.34 bits per heavy atom. The molecule has 0 N–H and O–H groups in total. The number of pyridine rings is 1. The summed E-state index contributed by atoms with van der Waals surface area (Å²) >= 11 is 0. The maximum Gasteiger partial charge on any atom is 0.138 e. The Hall–Kier alpha value is -5.35. The minimum atomic E-state index is -2.24. The first kappa shape index (κ1) is 28.5. The Morgan fingerprint density at radius 1 is 0.660 bits per heavy atom. The number of rotatable bonds is 7. The fraction of sp³-hybridized carbons (Fsp3) is 0.239. The molecule has 0 radical (unpaired) electrons. The molecule has 0 aliphatic carbocycles. The van der Waals surface area contributed by atoms with Crippen molar-refractivity contribution >= 4 is 38.9 Å². The van der Waals surface area contributed by atoms with E-state index < -0.39 is 6.98 Å². The molecule has 3 heterocycles. The average molecular weight is 658 g/mol. The lowest BCUT2D eigenvalue weighted by Gasteiger charge is -2.28. The summed E-state index contributed by atoms with van der Waals surface area (Å²) in [7, 11) is 0. The number of hydrogen-bond donors (Lipinski definition) is 0. The first-order chi connectivity index (χ1) is 25.3. The van der Waals surface area contributed by atoms with E-state index in [1.165, 1.54) is 43.5 Å². The Labute approximate surface area is 300 Å². The number of hydrogen-bond acceptors (Lipinski definition) is 3. The van der Waals surface area contributed by atoms with Gasteiger partial charge in [0.15, 0.2) is 0 Å². The lowest BCUT2D eigenvalue weighted by molar-refractivity contribution is 0.641. The van der Waals surface area contributed by atoms with Crippen LogP contribution in [0.4, 0.5) is 17.1 Å². The van der Waals surface area contributed by atoms with Crippen LogP contribution in [-0.4, -0.2) is 23.2 Å². The Morgan fingerprint density at radius 3 is 2.10 bits per heavy atom. The summed E-state index contributed by atoms with van der Waals surface area (Å²) in [5.41, 5.74) is 12.0. The van der Waals surface area contributed by atoms with E-state index in [-0.39, 0.29) is 12.1 Å². The van der Waals surface area contributed by atoms with Gasteiger partial charge in [0, 0.05) is 39.2 Å². The zero-order chi connectivity index (χ0) is 37.2. The van der Waals surface area contributed by atoms with Crippen molar-refractivity contribution < 1.29 is 4.11 Å². The minimum Gasteiger partial charge on any atom is -0.355 e. The van der Waals surface area contributed by atoms with E-state index in [1.54, 1.807) is 0 Å². The third-order valence-corrected chi connectivity index (χ3v) is 10.7. The van der Waals surface area contributed by atoms with Crippen LogP contribution in [-0.2, 0) is 5.41 Å². The molecular weight excluding hydrogens is 609 g/mol. The first-order valence-electron chi connectivity index (χ1n) is 19.2. The largest absolute Gasteiger partial charge is 0.355 e. The number of para-hydroxylation sites is 3. The summed E-state index contributed by atoms with van der Waals surface area (Å²) in [6.45, 7) is 11.6. The molecule has 4 nitrogen and oxygen atoms in total. The maximum absolute atomic E-state index is 8.19. The summed E-state index contributed by atoms with van der Waals surface area (Å²) in [4.78, 5) is 8.62. The monoisotopic (exact) mass is 657 g/mol. The molecular formula is C46H46N4. The summed E-state index contributed by atoms with van der Waals surface area (Å²) in [6, 6.07) is 42.9. The molecule has 0 bridgehead atoms. The molecule has 50 heavy (non-hydrogen) atoms. The van der Waals surface area contributed by atoms with Crippen molar-refractivity contribution in [2.75, 3.05) is 23.4 Å². The molecule has 0 atom stereocenters. The smallest absolute Gasteiger partial charge is 0.138 e. The Balaban J connectivity index is 1.25. The second kappa shape index (κ2) is 12.2. The fourth-order valence-electron chi connectivity index (χ4n) is 7.85. The molecule has 4 heteroatoms. The van der Waals surface area contributed by atoms with E-state index in [2.05, 4.69) is 148 Å². The highest BCUT2D eigenvalue weighted by atomic mass is 15.4. The summed E-state index contributed by atoms with van der Waals surface area (Å²) in [5, 5.41) is 2.38. The third-order valence-electron chi connectivity index (χ3n) is 10.7. The molecule has 0 saturated heterocycles. The SMILES string of the molecule is [2H]C([2H])([2H])N1CN(c2cccc(C(C)(C)c3ccc4c5ccccc5n(-c5cc(-c6c(C(C)C)cccc6C(C)C)ccn5)c4c3)c2)c2ccccc21. The van der Waals surface area contributed by atoms with Crippen molar-refractivity contribution in [1.29, 1.82) is 0 Å². The van der Waals surface area contributed by atoms with E-state index in [0.29, 0.717) is 11.8 Å². The van der Waals surface area contributed by atoms with Gasteiger partial charge in [0.1, 0.15) is 5.82 Å². The fourth-order valence-corrected chi connectivity index (χ4v) is 7.85. The van der Waals surface area contributed by atoms with Crippen LogP contribution in [0.2, 0.25) is 0 Å². The van der Waals surface area contributed by atoms with Gasteiger partial charge in [-0.1, -0.05) is 114 Å². The zero-order valence-electron chi connectivity index (χ0n) is 32.8. The molecule has 250 valence electrons. The van der Waals surface area contributed by atoms with Crippen molar-refractivity contribution in [3.05, 3.63) is 150 Å². The van der Waals surface area contributed by atoms with Gasteiger partial charge in [-0.25, -0.2) is 4.98 Å². The average Bonchev–Trinajstić information content (AvgIpc) is 3.71. The second-order valence-electron chi connectivity index (χ2n) is 14.8. The molecule has 0 spiro atoms. The van der Waals surface area contributed by atoms with E-state index in [9.17, 15) is 0 Å². The van der Waals surface area contributed by atoms with Crippen molar-refractivity contribution in [1.82, 2.24) is 9.55 Å². The van der Waals surface area contributed by atoms with Gasteiger partial charge in [-0.2, -0.15) is 0 Å². The van der Waals surface area contributed by atoms with Crippen LogP contribution in [0.25, 0.3) is 38.8 Å². The molecule has 8 rings (SSSR count). The van der Waals surface area contributed by atoms with Crippen LogP contribution < -0.4 is 9.80 Å². The summed E-state index contributed by atoms with van der Waals surface area (Å²) in [6.07, 6.45) is 1.95. The predicted molar refractivity (Wildman–Crippen MR) is 213 cm³/mol. The van der Waals surface area contributed by atoms with Crippen LogP contribution in [0, 0.1) is 0 Å². The van der Waals surface area contributed by atoms with Crippen LogP contribution in [0.1, 0.15) is 79.7 Å². The van der Waals surface area contributed by atoms with Crippen molar-refractivity contribution in [3.8, 4) is 16.9 Å². The van der Waals surface area contributed by atoms with E-state index in [4.69, 9.17) is 9.10 Å². The lowest BCUT2D eigenvalue weighted by atomic mass is 9.77. The van der Waals surface area contributed by atoms with Crippen molar-refractivity contribution in [2.24, 2.45) is 0 Å². The number of nitrogens with zero attached hydrogens (tertiary/aromatic N) is 4. The van der Waals surface area contributed by atoms with Crippen molar-refractivity contribution in [2.45, 2.75) is 58.8 Å². The van der Waals surface area contributed by atoms with Crippen LogP contribution in [0.15, 0.2) is 128 Å². The molecule has 0 amide bonds. The van der Waals surface area contributed by atoms with Gasteiger partial charge >= 0.3 is 0 Å². The van der Waals surface area contributed by atoms with E-state index >= 15 is 0 Å². The molecule has 2 aromatic heterocycles. The number of anilines is 3. The highest BCUT2D eigenvalue weighted by molar-refractivity contribution is 6.09. The van der Waals surface area contributed by atoms with Gasteiger partial charge in [0.2, 0.25) is 0 Å². The zero-order valence-corrected chi connectivity index (χ0v) is 29.8. The lowest BCUT2D eigenvalue weighted by Crippen LogP contribution is -2.25. The summed E-state index contributed by atoms with van der Waals surface area (Å²) in [5.74, 6) is 1.67. The van der Waals surface area contributed by atoms with Crippen LogP contribution in [0.5, 0.6) is 0 Å². The molecule has 1 aliphatic heterocycles. The van der Waals surface area contributed by atoms with Crippen molar-refractivity contribution in [3.63, 3.8) is 0 Å². The molecule has 0 saturated carbocycles. The quantitative estimate of drug-likeness (QED) is 0.170. The molecule has 5 aromatic carbocycles. The molecule has 0 fully saturated rings.